The molecule has 0 fully saturated rings. The van der Waals surface area contributed by atoms with Gasteiger partial charge in [0.2, 0.25) is 0 Å². The van der Waals surface area contributed by atoms with Crippen molar-refractivity contribution in [3.8, 4) is 29.4 Å². The van der Waals surface area contributed by atoms with Gasteiger partial charge in [0, 0.05) is 11.6 Å². The number of nitrogens with one attached hydrogen (secondary N) is 2. The monoisotopic (exact) mass is 356 g/mol. The molecular weight excluding hydrogens is 344 g/mol. The number of carbonyl (C=O) groups excluding carboxylic acids is 1. The lowest BCUT2D eigenvalue weighted by Gasteiger charge is -2.08. The maximum Gasteiger partial charge on any atom is 0.274 e. The molecule has 0 bridgehead atoms. The third-order valence-electron chi connectivity index (χ3n) is 3.56. The number of H-pyrrole nitrogens is 1. The van der Waals surface area contributed by atoms with Crippen LogP contribution in [0.2, 0.25) is 5.02 Å². The van der Waals surface area contributed by atoms with Crippen molar-refractivity contribution in [3.63, 3.8) is 0 Å². The molecule has 126 valence electrons. The van der Waals surface area contributed by atoms with Gasteiger partial charge >= 0.3 is 0 Å². The summed E-state index contributed by atoms with van der Waals surface area (Å²) in [6, 6.07) is 6.47. The van der Waals surface area contributed by atoms with E-state index in [0.717, 1.165) is 4.52 Å². The lowest BCUT2D eigenvalue weighted by atomic mass is 10.1. The van der Waals surface area contributed by atoms with Gasteiger partial charge in [-0.15, -0.1) is 6.42 Å². The Labute approximate surface area is 147 Å². The first kappa shape index (κ1) is 16.6. The molecule has 1 amide bonds. The summed E-state index contributed by atoms with van der Waals surface area (Å²) in [6.45, 7) is 0.0779. The van der Waals surface area contributed by atoms with Crippen LogP contribution in [0.4, 0.5) is 0 Å². The normalized spacial score (nSPS) is 10.4. The maximum atomic E-state index is 12.3. The number of nitrogens with zero attached hydrogens (tertiary/aromatic N) is 2. The van der Waals surface area contributed by atoms with Crippen LogP contribution in [-0.2, 0) is 0 Å². The number of terminal acetylenes is 1. The first-order valence-corrected chi connectivity index (χ1v) is 7.59. The Morgan fingerprint density at radius 3 is 3.00 bits per heavy atom. The van der Waals surface area contributed by atoms with Crippen molar-refractivity contribution in [1.82, 2.24) is 19.9 Å². The Hall–Kier alpha value is -3.24. The van der Waals surface area contributed by atoms with Crippen LogP contribution in [0.1, 0.15) is 10.4 Å². The van der Waals surface area contributed by atoms with Gasteiger partial charge in [0.1, 0.15) is 11.3 Å². The fourth-order valence-corrected chi connectivity index (χ4v) is 2.55. The van der Waals surface area contributed by atoms with Crippen LogP contribution in [0.5, 0.6) is 5.75 Å². The first-order chi connectivity index (χ1) is 12.0. The molecule has 3 rings (SSSR count). The number of rotatable bonds is 4. The fraction of sp³-hybridized carbons (Fsp3) is 0.118. The van der Waals surface area contributed by atoms with E-state index in [9.17, 15) is 9.59 Å². The number of aromatic nitrogens is 3. The molecule has 2 N–H and O–H groups in total. The highest BCUT2D eigenvalue weighted by Crippen LogP contribution is 2.29. The topological polar surface area (TPSA) is 88.5 Å². The molecule has 25 heavy (non-hydrogen) atoms. The van der Waals surface area contributed by atoms with Crippen LogP contribution in [0, 0.1) is 12.3 Å². The Bertz CT molecular complexity index is 1060. The number of ether oxygens (including phenoxy) is 1. The molecule has 1 aromatic carbocycles. The molecule has 0 aliphatic rings. The largest absolute Gasteiger partial charge is 0.495 e. The van der Waals surface area contributed by atoms with Gasteiger partial charge in [-0.3, -0.25) is 9.59 Å². The Balaban J connectivity index is 2.14. The number of methoxy groups -OCH3 is 1. The number of benzene rings is 1. The predicted octanol–water partition coefficient (Wildman–Crippen LogP) is 1.71. The average Bonchev–Trinajstić information content (AvgIpc) is 3.04. The van der Waals surface area contributed by atoms with Crippen LogP contribution in [0.15, 0.2) is 35.3 Å². The molecule has 0 radical (unpaired) electrons. The Morgan fingerprint density at radius 2 is 2.28 bits per heavy atom. The summed E-state index contributed by atoms with van der Waals surface area (Å²) in [5.41, 5.74) is 1.28. The van der Waals surface area contributed by atoms with Gasteiger partial charge in [-0.25, -0.2) is 0 Å². The smallest absolute Gasteiger partial charge is 0.274 e. The van der Waals surface area contributed by atoms with E-state index in [1.165, 1.54) is 19.4 Å². The van der Waals surface area contributed by atoms with Gasteiger partial charge in [-0.05, 0) is 12.1 Å². The minimum absolute atomic E-state index is 0.0779. The summed E-state index contributed by atoms with van der Waals surface area (Å²) >= 11 is 6.03. The zero-order chi connectivity index (χ0) is 18.0. The molecule has 2 heterocycles. The molecule has 7 nitrogen and oxygen atoms in total. The van der Waals surface area contributed by atoms with Crippen LogP contribution < -0.4 is 15.6 Å². The van der Waals surface area contributed by atoms with E-state index in [2.05, 4.69) is 21.3 Å². The van der Waals surface area contributed by atoms with E-state index in [4.69, 9.17) is 22.8 Å². The average molecular weight is 357 g/mol. The standard InChI is InChI=1S/C17H13ClN4O3/c1-3-6-19-17(24)11-9-20-22-15(23)8-13(21-16(11)22)10-4-5-12(18)14(7-10)25-2/h1,4-5,7-9,21H,6H2,2H3,(H,19,24). The summed E-state index contributed by atoms with van der Waals surface area (Å²) in [5.74, 6) is 2.37. The van der Waals surface area contributed by atoms with Crippen molar-refractivity contribution in [2.75, 3.05) is 13.7 Å². The van der Waals surface area contributed by atoms with Gasteiger partial charge in [-0.1, -0.05) is 23.6 Å². The second kappa shape index (κ2) is 6.71. The van der Waals surface area contributed by atoms with Crippen LogP contribution in [-0.4, -0.2) is 34.2 Å². The molecule has 8 heteroatoms. The molecular formula is C17H13ClN4O3. The number of hydrogen-bond acceptors (Lipinski definition) is 4. The summed E-state index contributed by atoms with van der Waals surface area (Å²) in [7, 11) is 1.50. The van der Waals surface area contributed by atoms with Gasteiger partial charge < -0.3 is 15.0 Å². The van der Waals surface area contributed by atoms with Crippen molar-refractivity contribution in [3.05, 3.63) is 51.4 Å². The lowest BCUT2D eigenvalue weighted by molar-refractivity contribution is 0.0960. The number of carbonyl (C=O) groups is 1. The van der Waals surface area contributed by atoms with Crippen LogP contribution in [0.25, 0.3) is 16.9 Å². The van der Waals surface area contributed by atoms with Crippen molar-refractivity contribution in [1.29, 1.82) is 0 Å². The molecule has 3 aromatic rings. The highest BCUT2D eigenvalue weighted by atomic mass is 35.5. The molecule has 2 aromatic heterocycles. The Kier molecular flexibility index (Phi) is 4.46. The van der Waals surface area contributed by atoms with Crippen molar-refractivity contribution < 1.29 is 9.53 Å². The van der Waals surface area contributed by atoms with E-state index in [1.54, 1.807) is 18.2 Å². The van der Waals surface area contributed by atoms with Gasteiger partial charge in [0.15, 0.2) is 5.65 Å². The Morgan fingerprint density at radius 1 is 1.48 bits per heavy atom. The highest BCUT2D eigenvalue weighted by molar-refractivity contribution is 6.32. The maximum absolute atomic E-state index is 12.3. The molecule has 0 saturated heterocycles. The van der Waals surface area contributed by atoms with E-state index >= 15 is 0 Å². The van der Waals surface area contributed by atoms with Crippen molar-refractivity contribution >= 4 is 23.2 Å². The summed E-state index contributed by atoms with van der Waals surface area (Å²) < 4.78 is 6.30. The van der Waals surface area contributed by atoms with Crippen LogP contribution in [0.3, 0.4) is 0 Å². The van der Waals surface area contributed by atoms with Crippen molar-refractivity contribution in [2.45, 2.75) is 0 Å². The van der Waals surface area contributed by atoms with Crippen LogP contribution >= 0.6 is 11.6 Å². The molecule has 0 aliphatic carbocycles. The lowest BCUT2D eigenvalue weighted by Crippen LogP contribution is -2.24. The summed E-state index contributed by atoms with van der Waals surface area (Å²) in [5, 5.41) is 6.94. The molecule has 0 aliphatic heterocycles. The molecule has 0 spiro atoms. The molecule has 0 unspecified atom stereocenters. The highest BCUT2D eigenvalue weighted by Gasteiger charge is 2.16. The third kappa shape index (κ3) is 3.07. The number of hydrogen-bond donors (Lipinski definition) is 2. The summed E-state index contributed by atoms with van der Waals surface area (Å²) in [4.78, 5) is 27.5. The van der Waals surface area contributed by atoms with E-state index < -0.39 is 5.91 Å². The molecule has 0 atom stereocenters. The first-order valence-electron chi connectivity index (χ1n) is 7.21. The second-order valence-corrected chi connectivity index (χ2v) is 5.48. The number of halogens is 1. The minimum Gasteiger partial charge on any atom is -0.495 e. The zero-order valence-corrected chi connectivity index (χ0v) is 13.9. The predicted molar refractivity (Wildman–Crippen MR) is 94.0 cm³/mol. The van der Waals surface area contributed by atoms with Crippen molar-refractivity contribution in [2.24, 2.45) is 0 Å². The SMILES string of the molecule is C#CCNC(=O)c1cnn2c(=O)cc(-c3ccc(Cl)c(OC)c3)[nH]c12. The van der Waals surface area contributed by atoms with E-state index in [0.29, 0.717) is 22.0 Å². The second-order valence-electron chi connectivity index (χ2n) is 5.08. The summed E-state index contributed by atoms with van der Waals surface area (Å²) in [6.07, 6.45) is 6.45. The van der Waals surface area contributed by atoms with Gasteiger partial charge in [0.25, 0.3) is 11.5 Å². The van der Waals surface area contributed by atoms with Gasteiger partial charge in [0.05, 0.1) is 30.6 Å². The number of fused-ring (bicyclic) bond motifs is 1. The zero-order valence-electron chi connectivity index (χ0n) is 13.2. The minimum atomic E-state index is -0.422. The van der Waals surface area contributed by atoms with E-state index in [1.807, 2.05) is 0 Å². The third-order valence-corrected chi connectivity index (χ3v) is 3.87. The number of aromatic amines is 1. The quantitative estimate of drug-likeness (QED) is 0.697. The fourth-order valence-electron chi connectivity index (χ4n) is 2.36. The van der Waals surface area contributed by atoms with E-state index in [-0.39, 0.29) is 23.3 Å². The molecule has 0 saturated carbocycles. The number of amides is 1. The van der Waals surface area contributed by atoms with Gasteiger partial charge in [-0.2, -0.15) is 9.61 Å².